The first-order valence-corrected chi connectivity index (χ1v) is 10.5. The third kappa shape index (κ3) is 3.85. The van der Waals surface area contributed by atoms with Crippen LogP contribution >= 0.6 is 11.6 Å². The van der Waals surface area contributed by atoms with E-state index in [2.05, 4.69) is 39.8 Å². The molecule has 1 N–H and O–H groups in total. The molecular formula is C23H26ClN5O. The predicted octanol–water partition coefficient (Wildman–Crippen LogP) is 3.51. The van der Waals surface area contributed by atoms with E-state index < -0.39 is 0 Å². The molecule has 3 aromatic rings. The van der Waals surface area contributed by atoms with E-state index in [0.717, 1.165) is 30.8 Å². The lowest BCUT2D eigenvalue weighted by molar-refractivity contribution is 0.0951. The fourth-order valence-corrected chi connectivity index (χ4v) is 4.10. The molecule has 6 nitrogen and oxygen atoms in total. The summed E-state index contributed by atoms with van der Waals surface area (Å²) in [6.45, 7) is 1.36. The molecule has 0 spiro atoms. The molecule has 0 radical (unpaired) electrons. The second-order valence-corrected chi connectivity index (χ2v) is 8.52. The van der Waals surface area contributed by atoms with Crippen LogP contribution in [0.3, 0.4) is 0 Å². The first-order valence-electron chi connectivity index (χ1n) is 10.1. The zero-order valence-corrected chi connectivity index (χ0v) is 18.3. The zero-order chi connectivity index (χ0) is 21.3. The van der Waals surface area contributed by atoms with Gasteiger partial charge in [-0.15, -0.1) is 10.2 Å². The summed E-state index contributed by atoms with van der Waals surface area (Å²) < 4.78 is 2.03. The van der Waals surface area contributed by atoms with Crippen molar-refractivity contribution >= 4 is 17.5 Å². The fourth-order valence-electron chi connectivity index (χ4n) is 3.84. The van der Waals surface area contributed by atoms with Gasteiger partial charge < -0.3 is 14.8 Å². The molecule has 0 atom stereocenters. The van der Waals surface area contributed by atoms with Gasteiger partial charge in [0.25, 0.3) is 5.91 Å². The standard InChI is InChI=1S/C23H26ClN5O/c1-28(2)14-13-25-21(30)16-9-10-18(19(24)15-16)20-26-27-22(29(20)3)23(11-12-23)17-7-5-4-6-8-17/h4-10,15H,11-14H2,1-3H3,(H,25,30). The minimum atomic E-state index is -0.134. The van der Waals surface area contributed by atoms with E-state index >= 15 is 0 Å². The van der Waals surface area contributed by atoms with Crippen molar-refractivity contribution in [2.24, 2.45) is 7.05 Å². The molecule has 1 aliphatic rings. The normalized spacial score (nSPS) is 14.7. The minimum absolute atomic E-state index is 0.0694. The summed E-state index contributed by atoms with van der Waals surface area (Å²) in [7, 11) is 5.92. The maximum atomic E-state index is 12.4. The van der Waals surface area contributed by atoms with Crippen LogP contribution in [-0.4, -0.2) is 52.8 Å². The third-order valence-electron chi connectivity index (χ3n) is 5.70. The van der Waals surface area contributed by atoms with Crippen molar-refractivity contribution in [1.82, 2.24) is 25.0 Å². The Labute approximate surface area is 181 Å². The van der Waals surface area contributed by atoms with Crippen molar-refractivity contribution in [3.05, 3.63) is 70.5 Å². The molecule has 156 valence electrons. The Morgan fingerprint density at radius 3 is 2.53 bits per heavy atom. The number of rotatable bonds is 7. The molecule has 2 aromatic carbocycles. The summed E-state index contributed by atoms with van der Waals surface area (Å²) in [6, 6.07) is 15.8. The zero-order valence-electron chi connectivity index (χ0n) is 17.5. The maximum Gasteiger partial charge on any atom is 0.251 e. The molecule has 0 aliphatic heterocycles. The van der Waals surface area contributed by atoms with Gasteiger partial charge in [-0.1, -0.05) is 41.9 Å². The van der Waals surface area contributed by atoms with E-state index in [1.807, 2.05) is 42.7 Å². The van der Waals surface area contributed by atoms with Crippen LogP contribution in [0.1, 0.15) is 34.6 Å². The second kappa shape index (κ2) is 8.20. The highest BCUT2D eigenvalue weighted by atomic mass is 35.5. The summed E-state index contributed by atoms with van der Waals surface area (Å²) in [5, 5.41) is 12.4. The van der Waals surface area contributed by atoms with Gasteiger partial charge in [0.1, 0.15) is 5.82 Å². The fraction of sp³-hybridized carbons (Fsp3) is 0.348. The Kier molecular flexibility index (Phi) is 5.62. The molecule has 0 bridgehead atoms. The summed E-state index contributed by atoms with van der Waals surface area (Å²) in [5.41, 5.74) is 2.50. The molecule has 1 fully saturated rings. The predicted molar refractivity (Wildman–Crippen MR) is 119 cm³/mol. The molecule has 0 saturated heterocycles. The van der Waals surface area contributed by atoms with Crippen LogP contribution in [0.15, 0.2) is 48.5 Å². The number of likely N-dealkylation sites (N-methyl/N-ethyl adjacent to an activating group) is 1. The molecular weight excluding hydrogens is 398 g/mol. The number of benzene rings is 2. The average molecular weight is 424 g/mol. The van der Waals surface area contributed by atoms with Crippen LogP contribution in [0.4, 0.5) is 0 Å². The number of carbonyl (C=O) groups is 1. The Morgan fingerprint density at radius 1 is 1.17 bits per heavy atom. The number of hydrogen-bond donors (Lipinski definition) is 1. The molecule has 1 saturated carbocycles. The molecule has 30 heavy (non-hydrogen) atoms. The van der Waals surface area contributed by atoms with Gasteiger partial charge >= 0.3 is 0 Å². The lowest BCUT2D eigenvalue weighted by Crippen LogP contribution is -2.31. The van der Waals surface area contributed by atoms with Crippen molar-refractivity contribution < 1.29 is 4.79 Å². The van der Waals surface area contributed by atoms with Gasteiger partial charge in [0.15, 0.2) is 5.82 Å². The van der Waals surface area contributed by atoms with Gasteiger partial charge in [0.05, 0.1) is 10.4 Å². The van der Waals surface area contributed by atoms with Gasteiger partial charge in [-0.25, -0.2) is 0 Å². The van der Waals surface area contributed by atoms with Gasteiger partial charge in [-0.2, -0.15) is 0 Å². The highest BCUT2D eigenvalue weighted by Gasteiger charge is 2.49. The lowest BCUT2D eigenvalue weighted by Gasteiger charge is -2.15. The highest BCUT2D eigenvalue weighted by Crippen LogP contribution is 2.53. The van der Waals surface area contributed by atoms with Crippen LogP contribution in [0.25, 0.3) is 11.4 Å². The van der Waals surface area contributed by atoms with E-state index in [4.69, 9.17) is 11.6 Å². The lowest BCUT2D eigenvalue weighted by atomic mass is 9.95. The molecule has 0 unspecified atom stereocenters. The van der Waals surface area contributed by atoms with Crippen LogP contribution in [-0.2, 0) is 12.5 Å². The first kappa shape index (κ1) is 20.6. The second-order valence-electron chi connectivity index (χ2n) is 8.11. The third-order valence-corrected chi connectivity index (χ3v) is 6.01. The van der Waals surface area contributed by atoms with Crippen molar-refractivity contribution in [3.8, 4) is 11.4 Å². The molecule has 1 aliphatic carbocycles. The van der Waals surface area contributed by atoms with Gasteiger partial charge in [0.2, 0.25) is 0 Å². The van der Waals surface area contributed by atoms with Crippen molar-refractivity contribution in [3.63, 3.8) is 0 Å². The van der Waals surface area contributed by atoms with Crippen molar-refractivity contribution in [2.45, 2.75) is 18.3 Å². The van der Waals surface area contributed by atoms with E-state index in [-0.39, 0.29) is 11.3 Å². The van der Waals surface area contributed by atoms with Gasteiger partial charge in [-0.3, -0.25) is 4.79 Å². The van der Waals surface area contributed by atoms with Crippen LogP contribution in [0.2, 0.25) is 5.02 Å². The number of carbonyl (C=O) groups excluding carboxylic acids is 1. The van der Waals surface area contributed by atoms with Crippen LogP contribution in [0, 0.1) is 0 Å². The number of nitrogens with one attached hydrogen (secondary N) is 1. The molecule has 1 heterocycles. The van der Waals surface area contributed by atoms with Crippen LogP contribution in [0.5, 0.6) is 0 Å². The smallest absolute Gasteiger partial charge is 0.251 e. The Balaban J connectivity index is 1.58. The van der Waals surface area contributed by atoms with E-state index in [9.17, 15) is 4.79 Å². The summed E-state index contributed by atoms with van der Waals surface area (Å²) in [5.74, 6) is 1.52. The summed E-state index contributed by atoms with van der Waals surface area (Å²) in [4.78, 5) is 14.4. The molecule has 1 aromatic heterocycles. The number of aromatic nitrogens is 3. The van der Waals surface area contributed by atoms with E-state index in [1.165, 1.54) is 5.56 Å². The summed E-state index contributed by atoms with van der Waals surface area (Å²) >= 11 is 6.55. The van der Waals surface area contributed by atoms with Gasteiger partial charge in [0, 0.05) is 31.3 Å². The number of nitrogens with zero attached hydrogens (tertiary/aromatic N) is 4. The van der Waals surface area contributed by atoms with Crippen LogP contribution < -0.4 is 5.32 Å². The molecule has 1 amide bonds. The Morgan fingerprint density at radius 2 is 1.90 bits per heavy atom. The minimum Gasteiger partial charge on any atom is -0.351 e. The molecule has 7 heteroatoms. The first-order chi connectivity index (χ1) is 14.4. The average Bonchev–Trinajstić information content (AvgIpc) is 3.45. The maximum absolute atomic E-state index is 12.4. The largest absolute Gasteiger partial charge is 0.351 e. The number of halogens is 1. The number of amides is 1. The monoisotopic (exact) mass is 423 g/mol. The topological polar surface area (TPSA) is 63.1 Å². The van der Waals surface area contributed by atoms with E-state index in [1.54, 1.807) is 12.1 Å². The van der Waals surface area contributed by atoms with E-state index in [0.29, 0.717) is 23.0 Å². The quantitative estimate of drug-likeness (QED) is 0.631. The molecule has 4 rings (SSSR count). The Hall–Kier alpha value is -2.70. The highest BCUT2D eigenvalue weighted by molar-refractivity contribution is 6.33. The SMILES string of the molecule is CN(C)CCNC(=O)c1ccc(-c2nnc(C3(c4ccccc4)CC3)n2C)c(Cl)c1. The van der Waals surface area contributed by atoms with Crippen molar-refractivity contribution in [1.29, 1.82) is 0 Å². The summed E-state index contributed by atoms with van der Waals surface area (Å²) in [6.07, 6.45) is 2.12. The van der Waals surface area contributed by atoms with Crippen molar-refractivity contribution in [2.75, 3.05) is 27.2 Å². The Bertz CT molecular complexity index is 1060. The number of hydrogen-bond acceptors (Lipinski definition) is 4. The van der Waals surface area contributed by atoms with Gasteiger partial charge in [-0.05, 0) is 50.7 Å².